The van der Waals surface area contributed by atoms with Gasteiger partial charge < -0.3 is 4.74 Å². The Morgan fingerprint density at radius 2 is 1.85 bits per heavy atom. The molecule has 0 unspecified atom stereocenters. The monoisotopic (exact) mass is 486 g/mol. The van der Waals surface area contributed by atoms with E-state index in [0.29, 0.717) is 27.0 Å². The van der Waals surface area contributed by atoms with Crippen LogP contribution in [0.2, 0.25) is 10.0 Å². The van der Waals surface area contributed by atoms with Crippen LogP contribution in [-0.2, 0) is 0 Å². The fourth-order valence-corrected chi connectivity index (χ4v) is 3.58. The summed E-state index contributed by atoms with van der Waals surface area (Å²) in [5, 5.41) is 11.7. The predicted molar refractivity (Wildman–Crippen MR) is 134 cm³/mol. The van der Waals surface area contributed by atoms with Gasteiger partial charge >= 0.3 is 0 Å². The summed E-state index contributed by atoms with van der Waals surface area (Å²) < 4.78 is 5.82. The van der Waals surface area contributed by atoms with Gasteiger partial charge in [-0.25, -0.2) is 5.43 Å². The van der Waals surface area contributed by atoms with Gasteiger partial charge in [0.2, 0.25) is 0 Å². The summed E-state index contributed by atoms with van der Waals surface area (Å²) in [7, 11) is 0. The summed E-state index contributed by atoms with van der Waals surface area (Å²) in [5.41, 5.74) is 4.89. The summed E-state index contributed by atoms with van der Waals surface area (Å²) in [6, 6.07) is 14.5. The Balaban J connectivity index is 1.48. The molecule has 8 heteroatoms. The maximum absolute atomic E-state index is 12.3. The average molecular weight is 487 g/mol. The predicted octanol–water partition coefficient (Wildman–Crippen LogP) is 6.89. The normalized spacial score (nSPS) is 11.1. The zero-order chi connectivity index (χ0) is 23.5. The highest BCUT2D eigenvalue weighted by Crippen LogP contribution is 2.24. The number of benzene rings is 2. The van der Waals surface area contributed by atoms with Gasteiger partial charge in [-0.15, -0.1) is 0 Å². The van der Waals surface area contributed by atoms with E-state index in [1.807, 2.05) is 24.3 Å². The molecule has 0 spiro atoms. The van der Waals surface area contributed by atoms with Crippen molar-refractivity contribution in [1.82, 2.24) is 15.6 Å². The van der Waals surface area contributed by atoms with E-state index < -0.39 is 5.91 Å². The van der Waals surface area contributed by atoms with Gasteiger partial charge in [-0.3, -0.25) is 9.89 Å². The van der Waals surface area contributed by atoms with Crippen molar-refractivity contribution < 1.29 is 9.53 Å². The molecule has 33 heavy (non-hydrogen) atoms. The van der Waals surface area contributed by atoms with Crippen LogP contribution < -0.4 is 10.2 Å². The molecule has 1 aromatic heterocycles. The lowest BCUT2D eigenvalue weighted by Gasteiger charge is -2.06. The van der Waals surface area contributed by atoms with Crippen molar-refractivity contribution in [2.45, 2.75) is 45.4 Å². The number of nitrogens with one attached hydrogen (secondary N) is 2. The summed E-state index contributed by atoms with van der Waals surface area (Å²) in [5.74, 6) is 0.414. The molecule has 6 nitrogen and oxygen atoms in total. The smallest absolute Gasteiger partial charge is 0.289 e. The van der Waals surface area contributed by atoms with Crippen LogP contribution in [0.3, 0.4) is 0 Å². The van der Waals surface area contributed by atoms with Crippen LogP contribution in [0.1, 0.15) is 61.5 Å². The van der Waals surface area contributed by atoms with Gasteiger partial charge in [-0.2, -0.15) is 10.2 Å². The third-order valence-electron chi connectivity index (χ3n) is 5.09. The van der Waals surface area contributed by atoms with E-state index in [4.69, 9.17) is 27.9 Å². The minimum atomic E-state index is -0.415. The van der Waals surface area contributed by atoms with Crippen molar-refractivity contribution in [2.24, 2.45) is 5.10 Å². The molecule has 3 rings (SSSR count). The minimum absolute atomic E-state index is 0.294. The van der Waals surface area contributed by atoms with Crippen LogP contribution in [0, 0.1) is 0 Å². The van der Waals surface area contributed by atoms with Gasteiger partial charge in [-0.05, 0) is 42.8 Å². The number of hydrogen-bond acceptors (Lipinski definition) is 4. The highest BCUT2D eigenvalue weighted by atomic mass is 35.5. The summed E-state index contributed by atoms with van der Waals surface area (Å²) in [6.45, 7) is 2.94. The van der Waals surface area contributed by atoms with Gasteiger partial charge in [-0.1, -0.05) is 74.4 Å². The van der Waals surface area contributed by atoms with Crippen LogP contribution in [-0.4, -0.2) is 28.9 Å². The first-order valence-electron chi connectivity index (χ1n) is 11.1. The van der Waals surface area contributed by atoms with Crippen LogP contribution in [0.15, 0.2) is 53.6 Å². The number of hydrazone groups is 1. The van der Waals surface area contributed by atoms with Gasteiger partial charge in [0.05, 0.1) is 28.6 Å². The number of amides is 1. The molecule has 0 saturated carbocycles. The van der Waals surface area contributed by atoms with Crippen molar-refractivity contribution in [3.8, 4) is 17.0 Å². The zero-order valence-electron chi connectivity index (χ0n) is 18.6. The Morgan fingerprint density at radius 3 is 2.64 bits per heavy atom. The second-order valence-electron chi connectivity index (χ2n) is 7.65. The number of ether oxygens (including phenoxy) is 1. The first-order chi connectivity index (χ1) is 16.1. The van der Waals surface area contributed by atoms with Gasteiger partial charge in [0, 0.05) is 11.1 Å². The third kappa shape index (κ3) is 7.62. The number of aromatic amines is 1. The van der Waals surface area contributed by atoms with E-state index >= 15 is 0 Å². The first-order valence-corrected chi connectivity index (χ1v) is 11.9. The molecule has 3 aromatic rings. The molecular formula is C25H28Cl2N4O2. The molecule has 0 bridgehead atoms. The number of unbranched alkanes of at least 4 members (excludes halogenated alkanes) is 5. The van der Waals surface area contributed by atoms with E-state index in [1.165, 1.54) is 38.3 Å². The minimum Gasteiger partial charge on any atom is -0.494 e. The lowest BCUT2D eigenvalue weighted by Crippen LogP contribution is -2.18. The van der Waals surface area contributed by atoms with Crippen LogP contribution >= 0.6 is 23.2 Å². The van der Waals surface area contributed by atoms with E-state index in [2.05, 4.69) is 27.6 Å². The van der Waals surface area contributed by atoms with E-state index in [1.54, 1.807) is 24.3 Å². The van der Waals surface area contributed by atoms with Crippen molar-refractivity contribution in [1.29, 1.82) is 0 Å². The van der Waals surface area contributed by atoms with Gasteiger partial charge in [0.1, 0.15) is 11.4 Å². The Kier molecular flexibility index (Phi) is 9.78. The molecule has 2 aromatic carbocycles. The van der Waals surface area contributed by atoms with E-state index in [0.717, 1.165) is 24.3 Å². The van der Waals surface area contributed by atoms with Crippen molar-refractivity contribution in [3.05, 3.63) is 69.8 Å². The van der Waals surface area contributed by atoms with Crippen molar-refractivity contribution >= 4 is 35.3 Å². The van der Waals surface area contributed by atoms with Gasteiger partial charge in [0.15, 0.2) is 0 Å². The van der Waals surface area contributed by atoms with E-state index in [-0.39, 0.29) is 0 Å². The number of nitrogens with zero attached hydrogens (tertiary/aromatic N) is 2. The van der Waals surface area contributed by atoms with Crippen LogP contribution in [0.5, 0.6) is 5.75 Å². The van der Waals surface area contributed by atoms with Crippen molar-refractivity contribution in [2.75, 3.05) is 6.61 Å². The number of carbonyl (C=O) groups excluding carboxylic acids is 1. The Hall–Kier alpha value is -2.83. The fourth-order valence-electron chi connectivity index (χ4n) is 3.22. The number of rotatable bonds is 12. The van der Waals surface area contributed by atoms with Crippen molar-refractivity contribution in [3.63, 3.8) is 0 Å². The molecule has 1 amide bonds. The maximum atomic E-state index is 12.3. The first kappa shape index (κ1) is 24.8. The Bertz CT molecular complexity index is 1060. The molecule has 174 valence electrons. The molecule has 2 N–H and O–H groups in total. The van der Waals surface area contributed by atoms with Crippen LogP contribution in [0.4, 0.5) is 0 Å². The molecular weight excluding hydrogens is 459 g/mol. The largest absolute Gasteiger partial charge is 0.494 e. The molecule has 0 radical (unpaired) electrons. The quantitative estimate of drug-likeness (QED) is 0.166. The second-order valence-corrected chi connectivity index (χ2v) is 8.43. The summed E-state index contributed by atoms with van der Waals surface area (Å²) in [6.07, 6.45) is 8.85. The SMILES string of the molecule is CCCCCCCCOc1ccc(-c2cc(C(=O)NN=Cc3cccc(Cl)c3Cl)[nH]n2)cc1. The number of hydrogen-bond donors (Lipinski definition) is 2. The molecule has 0 aliphatic heterocycles. The topological polar surface area (TPSA) is 79.4 Å². The standard InChI is InChI=1S/C25H28Cl2N4O2/c1-2-3-4-5-6-7-15-33-20-13-11-18(12-14-20)22-16-23(30-29-22)25(32)31-28-17-19-9-8-10-21(26)24(19)27/h8-14,16-17H,2-7,15H2,1H3,(H,29,30)(H,31,32). The molecule has 0 fully saturated rings. The molecule has 0 saturated heterocycles. The summed E-state index contributed by atoms with van der Waals surface area (Å²) >= 11 is 12.1. The number of aromatic nitrogens is 2. The Morgan fingerprint density at radius 1 is 1.09 bits per heavy atom. The third-order valence-corrected chi connectivity index (χ3v) is 5.92. The summed E-state index contributed by atoms with van der Waals surface area (Å²) in [4.78, 5) is 12.3. The molecule has 0 aliphatic carbocycles. The highest BCUT2D eigenvalue weighted by molar-refractivity contribution is 6.43. The zero-order valence-corrected chi connectivity index (χ0v) is 20.1. The number of halogens is 2. The maximum Gasteiger partial charge on any atom is 0.289 e. The Labute approximate surface area is 204 Å². The molecule has 1 heterocycles. The van der Waals surface area contributed by atoms with Crippen LogP contribution in [0.25, 0.3) is 11.3 Å². The number of H-pyrrole nitrogens is 1. The number of carbonyl (C=O) groups is 1. The fraction of sp³-hybridized carbons (Fsp3) is 0.320. The lowest BCUT2D eigenvalue weighted by molar-refractivity contribution is 0.0950. The average Bonchev–Trinajstić information content (AvgIpc) is 3.32. The lowest BCUT2D eigenvalue weighted by atomic mass is 10.1. The second kappa shape index (κ2) is 13.0. The molecule has 0 aliphatic rings. The van der Waals surface area contributed by atoms with E-state index in [9.17, 15) is 4.79 Å². The van der Waals surface area contributed by atoms with Gasteiger partial charge in [0.25, 0.3) is 5.91 Å². The highest BCUT2D eigenvalue weighted by Gasteiger charge is 2.11. The molecule has 0 atom stereocenters.